The maximum absolute atomic E-state index is 12.7. The zero-order valence-corrected chi connectivity index (χ0v) is 36.8. The monoisotopic (exact) mass is 793 g/mol. The van der Waals surface area contributed by atoms with Crippen molar-refractivity contribution in [1.82, 2.24) is 0 Å². The average molecular weight is 793 g/mol. The van der Waals surface area contributed by atoms with Crippen molar-refractivity contribution in [3.63, 3.8) is 0 Å². The van der Waals surface area contributed by atoms with E-state index in [1.54, 1.807) is 0 Å². The maximum atomic E-state index is 12.7. The highest BCUT2D eigenvalue weighted by Crippen LogP contribution is 2.12. The minimum absolute atomic E-state index is 0.0956. The normalized spacial score (nSPS) is 12.8. The van der Waals surface area contributed by atoms with E-state index in [1.807, 2.05) is 0 Å². The third-order valence-corrected chi connectivity index (χ3v) is 9.38. The van der Waals surface area contributed by atoms with E-state index in [0.29, 0.717) is 19.3 Å². The largest absolute Gasteiger partial charge is 0.462 e. The topological polar surface area (TPSA) is 78.9 Å². The molecule has 6 nitrogen and oxygen atoms in total. The van der Waals surface area contributed by atoms with Crippen LogP contribution in [0.1, 0.15) is 201 Å². The van der Waals surface area contributed by atoms with Gasteiger partial charge in [0.15, 0.2) is 6.10 Å². The highest BCUT2D eigenvalue weighted by molar-refractivity contribution is 5.71. The molecule has 0 amide bonds. The second kappa shape index (κ2) is 45.3. The molecule has 0 aliphatic carbocycles. The van der Waals surface area contributed by atoms with Gasteiger partial charge in [-0.3, -0.25) is 14.4 Å². The van der Waals surface area contributed by atoms with Gasteiger partial charge in [0.25, 0.3) is 0 Å². The van der Waals surface area contributed by atoms with Gasteiger partial charge < -0.3 is 14.2 Å². The fourth-order valence-electron chi connectivity index (χ4n) is 5.91. The first-order valence-electron chi connectivity index (χ1n) is 23.1. The highest BCUT2D eigenvalue weighted by atomic mass is 16.6. The summed E-state index contributed by atoms with van der Waals surface area (Å²) in [6.07, 6.45) is 57.4. The van der Waals surface area contributed by atoms with Gasteiger partial charge in [-0.05, 0) is 96.3 Å². The number of ether oxygens (including phenoxy) is 3. The first-order chi connectivity index (χ1) is 28.0. The number of esters is 3. The second-order valence-corrected chi connectivity index (χ2v) is 14.9. The molecule has 0 fully saturated rings. The van der Waals surface area contributed by atoms with Crippen LogP contribution in [0.15, 0.2) is 85.1 Å². The van der Waals surface area contributed by atoms with Crippen LogP contribution in [0.25, 0.3) is 0 Å². The number of allylic oxidation sites excluding steroid dienone is 14. The van der Waals surface area contributed by atoms with Gasteiger partial charge in [-0.15, -0.1) is 0 Å². The van der Waals surface area contributed by atoms with Crippen molar-refractivity contribution in [3.8, 4) is 0 Å². The van der Waals surface area contributed by atoms with Crippen LogP contribution in [-0.2, 0) is 28.6 Å². The summed E-state index contributed by atoms with van der Waals surface area (Å²) in [7, 11) is 0. The Bertz CT molecular complexity index is 1140. The standard InChI is InChI=1S/C51H84O6/c1-4-7-10-13-15-17-19-21-22-23-24-25-26-27-28-30-31-33-35-38-41-44-50(53)56-47-48(46-55-49(52)43-40-37-12-9-6-3)57-51(54)45-42-39-36-34-32-29-20-18-16-14-11-8-5-2/h7,10,15,17-18,20-22,24-25,27-28,31,33,48H,4-6,8-9,11-14,16,19,23,26,29-30,32,34-47H2,1-3H3/b10-7-,17-15-,20-18-,22-21-,25-24-,28-27-,33-31-. The molecule has 0 radical (unpaired) electrons. The molecule has 0 aliphatic rings. The van der Waals surface area contributed by atoms with Crippen LogP contribution in [0.2, 0.25) is 0 Å². The lowest BCUT2D eigenvalue weighted by Gasteiger charge is -2.18. The molecule has 0 saturated carbocycles. The predicted molar refractivity (Wildman–Crippen MR) is 242 cm³/mol. The lowest BCUT2D eigenvalue weighted by Crippen LogP contribution is -2.30. The number of carbonyl (C=O) groups is 3. The molecule has 0 bridgehead atoms. The van der Waals surface area contributed by atoms with E-state index in [1.165, 1.54) is 38.5 Å². The summed E-state index contributed by atoms with van der Waals surface area (Å²) < 4.78 is 16.6. The number of unbranched alkanes of at least 4 members (excludes halogenated alkanes) is 15. The average Bonchev–Trinajstić information content (AvgIpc) is 3.21. The number of hydrogen-bond acceptors (Lipinski definition) is 6. The molecule has 0 saturated heterocycles. The van der Waals surface area contributed by atoms with Crippen LogP contribution in [0, 0.1) is 0 Å². The van der Waals surface area contributed by atoms with Gasteiger partial charge in [0, 0.05) is 19.3 Å². The Hall–Kier alpha value is -3.41. The smallest absolute Gasteiger partial charge is 0.306 e. The van der Waals surface area contributed by atoms with Gasteiger partial charge in [0.2, 0.25) is 0 Å². The summed E-state index contributed by atoms with van der Waals surface area (Å²) in [5.41, 5.74) is 0. The molecule has 0 aromatic heterocycles. The van der Waals surface area contributed by atoms with Crippen molar-refractivity contribution < 1.29 is 28.6 Å². The molecule has 0 aliphatic heterocycles. The van der Waals surface area contributed by atoms with Gasteiger partial charge in [-0.25, -0.2) is 0 Å². The molecule has 0 heterocycles. The van der Waals surface area contributed by atoms with Crippen molar-refractivity contribution >= 4 is 17.9 Å². The first kappa shape index (κ1) is 53.6. The molecule has 0 aromatic carbocycles. The SMILES string of the molecule is CC/C=C\C/C=C\C/C=C\C/C=C\C/C=C\C/C=C\CCCCC(=O)OCC(COC(=O)CCCCCCC)OC(=O)CCCCCCC/C=C\CCCCCC. The summed E-state index contributed by atoms with van der Waals surface area (Å²) in [6.45, 7) is 6.35. The summed E-state index contributed by atoms with van der Waals surface area (Å²) in [6, 6.07) is 0. The molecule has 0 rings (SSSR count). The molecule has 1 atom stereocenters. The summed E-state index contributed by atoms with van der Waals surface area (Å²) in [4.78, 5) is 37.5. The van der Waals surface area contributed by atoms with E-state index < -0.39 is 6.10 Å². The van der Waals surface area contributed by atoms with E-state index in [0.717, 1.165) is 122 Å². The molecular formula is C51H84O6. The third kappa shape index (κ3) is 43.6. The van der Waals surface area contributed by atoms with Crippen LogP contribution in [-0.4, -0.2) is 37.2 Å². The summed E-state index contributed by atoms with van der Waals surface area (Å²) in [5.74, 6) is -0.971. The van der Waals surface area contributed by atoms with Crippen molar-refractivity contribution in [2.75, 3.05) is 13.2 Å². The zero-order chi connectivity index (χ0) is 41.5. The van der Waals surface area contributed by atoms with Crippen LogP contribution < -0.4 is 0 Å². The van der Waals surface area contributed by atoms with Gasteiger partial charge in [0.1, 0.15) is 13.2 Å². The molecule has 324 valence electrons. The minimum Gasteiger partial charge on any atom is -0.462 e. The maximum Gasteiger partial charge on any atom is 0.306 e. The Morgan fingerprint density at radius 3 is 1.14 bits per heavy atom. The lowest BCUT2D eigenvalue weighted by molar-refractivity contribution is -0.167. The molecule has 1 unspecified atom stereocenters. The minimum atomic E-state index is -0.793. The lowest BCUT2D eigenvalue weighted by atomic mass is 10.1. The van der Waals surface area contributed by atoms with Crippen LogP contribution in [0.3, 0.4) is 0 Å². The fourth-order valence-corrected chi connectivity index (χ4v) is 5.91. The Kier molecular flexibility index (Phi) is 42.6. The van der Waals surface area contributed by atoms with Crippen LogP contribution in [0.4, 0.5) is 0 Å². The van der Waals surface area contributed by atoms with Gasteiger partial charge in [-0.1, -0.05) is 170 Å². The van der Waals surface area contributed by atoms with Gasteiger partial charge in [-0.2, -0.15) is 0 Å². The third-order valence-electron chi connectivity index (χ3n) is 9.38. The quantitative estimate of drug-likeness (QED) is 0.0266. The summed E-state index contributed by atoms with van der Waals surface area (Å²) >= 11 is 0. The number of rotatable bonds is 40. The molecule has 0 aromatic rings. The molecule has 6 heteroatoms. The summed E-state index contributed by atoms with van der Waals surface area (Å²) in [5, 5.41) is 0. The van der Waals surface area contributed by atoms with E-state index in [9.17, 15) is 14.4 Å². The predicted octanol–water partition coefficient (Wildman–Crippen LogP) is 14.9. The van der Waals surface area contributed by atoms with Crippen LogP contribution >= 0.6 is 0 Å². The Morgan fingerprint density at radius 2 is 0.684 bits per heavy atom. The van der Waals surface area contributed by atoms with E-state index >= 15 is 0 Å². The molecule has 57 heavy (non-hydrogen) atoms. The van der Waals surface area contributed by atoms with Gasteiger partial charge >= 0.3 is 17.9 Å². The molecule has 0 N–H and O–H groups in total. The first-order valence-corrected chi connectivity index (χ1v) is 23.1. The number of carbonyl (C=O) groups excluding carboxylic acids is 3. The van der Waals surface area contributed by atoms with Crippen LogP contribution in [0.5, 0.6) is 0 Å². The van der Waals surface area contributed by atoms with Crippen molar-refractivity contribution in [2.45, 2.75) is 207 Å². The number of hydrogen-bond donors (Lipinski definition) is 0. The Morgan fingerprint density at radius 1 is 0.368 bits per heavy atom. The molecule has 0 spiro atoms. The fraction of sp³-hybridized carbons (Fsp3) is 0.667. The van der Waals surface area contributed by atoms with Gasteiger partial charge in [0.05, 0.1) is 0 Å². The Balaban J connectivity index is 4.31. The van der Waals surface area contributed by atoms with E-state index in [2.05, 4.69) is 106 Å². The highest BCUT2D eigenvalue weighted by Gasteiger charge is 2.19. The van der Waals surface area contributed by atoms with Crippen molar-refractivity contribution in [1.29, 1.82) is 0 Å². The Labute approximate surface area is 350 Å². The van der Waals surface area contributed by atoms with Crippen molar-refractivity contribution in [2.24, 2.45) is 0 Å². The zero-order valence-electron chi connectivity index (χ0n) is 36.8. The van der Waals surface area contributed by atoms with E-state index in [4.69, 9.17) is 14.2 Å². The molecular weight excluding hydrogens is 709 g/mol. The second-order valence-electron chi connectivity index (χ2n) is 14.9. The van der Waals surface area contributed by atoms with Crippen molar-refractivity contribution in [3.05, 3.63) is 85.1 Å². The van der Waals surface area contributed by atoms with E-state index in [-0.39, 0.29) is 31.1 Å².